The minimum absolute atomic E-state index is 0.0800. The third kappa shape index (κ3) is 5.68. The lowest BCUT2D eigenvalue weighted by Gasteiger charge is -2.22. The molecule has 8 heteroatoms. The molecule has 0 aliphatic heterocycles. The van der Waals surface area contributed by atoms with Gasteiger partial charge in [0.05, 0.1) is 0 Å². The molecule has 0 heterocycles. The first-order valence-corrected chi connectivity index (χ1v) is 9.86. The van der Waals surface area contributed by atoms with Gasteiger partial charge in [0, 0.05) is 24.2 Å². The Balaban J connectivity index is 1.85. The van der Waals surface area contributed by atoms with Gasteiger partial charge in [-0.15, -0.1) is 0 Å². The highest BCUT2D eigenvalue weighted by Gasteiger charge is 2.18. The van der Waals surface area contributed by atoms with Gasteiger partial charge in [-0.05, 0) is 48.7 Å². The summed E-state index contributed by atoms with van der Waals surface area (Å²) in [6, 6.07) is 10.7. The van der Waals surface area contributed by atoms with Crippen LogP contribution in [0.15, 0.2) is 42.5 Å². The van der Waals surface area contributed by atoms with Crippen molar-refractivity contribution in [2.45, 2.75) is 44.8 Å². The molecule has 1 aliphatic carbocycles. The molecular weight excluding hydrogens is 394 g/mol. The minimum atomic E-state index is -3.02. The van der Waals surface area contributed by atoms with E-state index in [0.717, 1.165) is 32.1 Å². The Hall–Kier alpha value is -3.16. The van der Waals surface area contributed by atoms with Gasteiger partial charge in [-0.1, -0.05) is 31.4 Å². The number of rotatable bonds is 6. The molecular formula is C22H24F2N2O4. The third-order valence-electron chi connectivity index (χ3n) is 4.97. The van der Waals surface area contributed by atoms with Crippen LogP contribution in [0.3, 0.4) is 0 Å². The first-order valence-electron chi connectivity index (χ1n) is 9.86. The van der Waals surface area contributed by atoms with Crippen molar-refractivity contribution in [3.05, 3.63) is 48.0 Å². The van der Waals surface area contributed by atoms with E-state index in [0.29, 0.717) is 11.1 Å². The van der Waals surface area contributed by atoms with Crippen LogP contribution in [0.5, 0.6) is 11.5 Å². The molecule has 0 spiro atoms. The standard InChI is InChI=1S/C22H24F2N2O4/c1-25-20(27)15-7-5-6-14(12-15)18-13-17(10-11-19(18)30-21(23)24)29-22(28)26-16-8-3-2-4-9-16/h5-7,10-13,16,21H,2-4,8-9H2,1H3,(H,25,27)(H,26,28). The molecule has 0 bridgehead atoms. The molecule has 1 saturated carbocycles. The second-order valence-corrected chi connectivity index (χ2v) is 7.07. The average molecular weight is 418 g/mol. The lowest BCUT2D eigenvalue weighted by molar-refractivity contribution is -0.0494. The fourth-order valence-corrected chi connectivity index (χ4v) is 3.52. The van der Waals surface area contributed by atoms with Crippen LogP contribution in [0.2, 0.25) is 0 Å². The van der Waals surface area contributed by atoms with Crippen LogP contribution < -0.4 is 20.1 Å². The molecule has 0 unspecified atom stereocenters. The molecule has 2 amide bonds. The van der Waals surface area contributed by atoms with Crippen molar-refractivity contribution in [3.8, 4) is 22.6 Å². The first kappa shape index (κ1) is 21.5. The third-order valence-corrected chi connectivity index (χ3v) is 4.97. The van der Waals surface area contributed by atoms with Crippen molar-refractivity contribution < 1.29 is 27.8 Å². The SMILES string of the molecule is CNC(=O)c1cccc(-c2cc(OC(=O)NC3CCCCC3)ccc2OC(F)F)c1. The van der Waals surface area contributed by atoms with Gasteiger partial charge in [0.2, 0.25) is 0 Å². The zero-order valence-corrected chi connectivity index (χ0v) is 16.6. The van der Waals surface area contributed by atoms with Crippen molar-refractivity contribution >= 4 is 12.0 Å². The summed E-state index contributed by atoms with van der Waals surface area (Å²) in [7, 11) is 1.50. The highest BCUT2D eigenvalue weighted by atomic mass is 19.3. The van der Waals surface area contributed by atoms with E-state index in [1.807, 2.05) is 0 Å². The van der Waals surface area contributed by atoms with E-state index in [-0.39, 0.29) is 29.0 Å². The zero-order chi connectivity index (χ0) is 21.5. The van der Waals surface area contributed by atoms with Crippen molar-refractivity contribution in [3.63, 3.8) is 0 Å². The molecule has 2 aromatic carbocycles. The predicted octanol–water partition coefficient (Wildman–Crippen LogP) is 4.74. The fourth-order valence-electron chi connectivity index (χ4n) is 3.52. The second kappa shape index (κ2) is 10.0. The van der Waals surface area contributed by atoms with Gasteiger partial charge in [0.1, 0.15) is 11.5 Å². The Morgan fingerprint density at radius 2 is 1.83 bits per heavy atom. The summed E-state index contributed by atoms with van der Waals surface area (Å²) >= 11 is 0. The van der Waals surface area contributed by atoms with E-state index in [1.54, 1.807) is 24.3 Å². The van der Waals surface area contributed by atoms with E-state index < -0.39 is 12.7 Å². The van der Waals surface area contributed by atoms with Crippen LogP contribution in [0, 0.1) is 0 Å². The Kier molecular flexibility index (Phi) is 7.21. The van der Waals surface area contributed by atoms with Crippen molar-refractivity contribution in [2.24, 2.45) is 0 Å². The molecule has 1 aliphatic rings. The molecule has 0 aromatic heterocycles. The highest BCUT2D eigenvalue weighted by molar-refractivity contribution is 5.95. The molecule has 3 rings (SSSR count). The molecule has 0 saturated heterocycles. The summed E-state index contributed by atoms with van der Waals surface area (Å²) in [6.07, 6.45) is 4.53. The molecule has 1 fully saturated rings. The number of nitrogens with one attached hydrogen (secondary N) is 2. The summed E-state index contributed by atoms with van der Waals surface area (Å²) < 4.78 is 35.7. The number of halogens is 2. The number of ether oxygens (including phenoxy) is 2. The molecule has 160 valence electrons. The average Bonchev–Trinajstić information content (AvgIpc) is 2.74. The van der Waals surface area contributed by atoms with E-state index in [9.17, 15) is 18.4 Å². The Labute approximate surface area is 173 Å². The molecule has 0 radical (unpaired) electrons. The fraction of sp³-hybridized carbons (Fsp3) is 0.364. The van der Waals surface area contributed by atoms with Gasteiger partial charge in [0.15, 0.2) is 0 Å². The van der Waals surface area contributed by atoms with Crippen LogP contribution in [-0.2, 0) is 0 Å². The van der Waals surface area contributed by atoms with E-state index in [2.05, 4.69) is 15.4 Å². The first-order chi connectivity index (χ1) is 14.5. The predicted molar refractivity (Wildman–Crippen MR) is 108 cm³/mol. The number of amides is 2. The normalized spacial score (nSPS) is 14.3. The maximum atomic E-state index is 12.9. The molecule has 30 heavy (non-hydrogen) atoms. The Bertz CT molecular complexity index is 898. The number of hydrogen-bond donors (Lipinski definition) is 2. The van der Waals surface area contributed by atoms with Crippen LogP contribution in [0.25, 0.3) is 11.1 Å². The number of alkyl halides is 2. The van der Waals surface area contributed by atoms with Crippen LogP contribution >= 0.6 is 0 Å². The van der Waals surface area contributed by atoms with Gasteiger partial charge in [0.25, 0.3) is 5.91 Å². The van der Waals surface area contributed by atoms with Crippen LogP contribution in [0.4, 0.5) is 13.6 Å². The summed E-state index contributed by atoms with van der Waals surface area (Å²) in [5, 5.41) is 5.35. The number of benzene rings is 2. The molecule has 2 aromatic rings. The zero-order valence-electron chi connectivity index (χ0n) is 16.6. The van der Waals surface area contributed by atoms with Crippen LogP contribution in [0.1, 0.15) is 42.5 Å². The van der Waals surface area contributed by atoms with E-state index in [1.165, 1.54) is 25.2 Å². The second-order valence-electron chi connectivity index (χ2n) is 7.07. The lowest BCUT2D eigenvalue weighted by Crippen LogP contribution is -2.38. The number of carbonyl (C=O) groups is 2. The minimum Gasteiger partial charge on any atom is -0.434 e. The monoisotopic (exact) mass is 418 g/mol. The molecule has 0 atom stereocenters. The van der Waals surface area contributed by atoms with E-state index >= 15 is 0 Å². The smallest absolute Gasteiger partial charge is 0.412 e. The Morgan fingerprint density at radius 3 is 2.53 bits per heavy atom. The number of carbonyl (C=O) groups excluding carboxylic acids is 2. The number of hydrogen-bond acceptors (Lipinski definition) is 4. The van der Waals surface area contributed by atoms with Crippen molar-refractivity contribution in [2.75, 3.05) is 7.05 Å². The largest absolute Gasteiger partial charge is 0.434 e. The maximum Gasteiger partial charge on any atom is 0.412 e. The molecule has 6 nitrogen and oxygen atoms in total. The van der Waals surface area contributed by atoms with Crippen LogP contribution in [-0.4, -0.2) is 31.7 Å². The summed E-state index contributed by atoms with van der Waals surface area (Å²) in [5.74, 6) is -0.211. The quantitative estimate of drug-likeness (QED) is 0.711. The Morgan fingerprint density at radius 1 is 1.07 bits per heavy atom. The summed E-state index contributed by atoms with van der Waals surface area (Å²) in [4.78, 5) is 24.2. The van der Waals surface area contributed by atoms with E-state index in [4.69, 9.17) is 4.74 Å². The highest BCUT2D eigenvalue weighted by Crippen LogP contribution is 2.35. The van der Waals surface area contributed by atoms with Gasteiger partial charge in [-0.3, -0.25) is 4.79 Å². The topological polar surface area (TPSA) is 76.7 Å². The lowest BCUT2D eigenvalue weighted by atomic mass is 9.96. The van der Waals surface area contributed by atoms with Crippen molar-refractivity contribution in [1.82, 2.24) is 10.6 Å². The van der Waals surface area contributed by atoms with Gasteiger partial charge < -0.3 is 20.1 Å². The van der Waals surface area contributed by atoms with Gasteiger partial charge in [-0.2, -0.15) is 8.78 Å². The summed E-state index contributed by atoms with van der Waals surface area (Å²) in [6.45, 7) is -3.02. The van der Waals surface area contributed by atoms with Gasteiger partial charge >= 0.3 is 12.7 Å². The van der Waals surface area contributed by atoms with Gasteiger partial charge in [-0.25, -0.2) is 4.79 Å². The summed E-state index contributed by atoms with van der Waals surface area (Å²) in [5.41, 5.74) is 1.12. The molecule has 2 N–H and O–H groups in total. The maximum absolute atomic E-state index is 12.9. The van der Waals surface area contributed by atoms with Crippen molar-refractivity contribution in [1.29, 1.82) is 0 Å².